The molecule has 0 fully saturated rings. The van der Waals surface area contributed by atoms with Gasteiger partial charge in [-0.25, -0.2) is 0 Å². The number of hydrogen-bond donors (Lipinski definition) is 1. The van der Waals surface area contributed by atoms with Gasteiger partial charge in [0.1, 0.15) is 0 Å². The van der Waals surface area contributed by atoms with Gasteiger partial charge in [-0.05, 0) is 42.8 Å². The van der Waals surface area contributed by atoms with E-state index in [2.05, 4.69) is 52.3 Å². The van der Waals surface area contributed by atoms with Gasteiger partial charge in [0.25, 0.3) is 0 Å². The molecule has 0 unspecified atom stereocenters. The van der Waals surface area contributed by atoms with Gasteiger partial charge in [0, 0.05) is 35.9 Å². The van der Waals surface area contributed by atoms with Gasteiger partial charge in [0.05, 0.1) is 0 Å². The van der Waals surface area contributed by atoms with Crippen LogP contribution in [0.2, 0.25) is 0 Å². The highest BCUT2D eigenvalue weighted by Crippen LogP contribution is 2.09. The van der Waals surface area contributed by atoms with E-state index < -0.39 is 0 Å². The van der Waals surface area contributed by atoms with Crippen LogP contribution in [0.25, 0.3) is 0 Å². The zero-order chi connectivity index (χ0) is 13.3. The minimum absolute atomic E-state index is 1.08. The molecule has 0 aromatic carbocycles. The normalized spacial score (nSPS) is 11.3. The lowest BCUT2D eigenvalue weighted by molar-refractivity contribution is 0.337. The minimum Gasteiger partial charge on any atom is -0.315 e. The Morgan fingerprint density at radius 2 is 1.63 bits per heavy atom. The Morgan fingerprint density at radius 1 is 0.947 bits per heavy atom. The van der Waals surface area contributed by atoms with Gasteiger partial charge in [0.2, 0.25) is 0 Å². The first-order chi connectivity index (χ1) is 9.34. The van der Waals surface area contributed by atoms with Gasteiger partial charge >= 0.3 is 0 Å². The van der Waals surface area contributed by atoms with E-state index in [0.717, 1.165) is 32.6 Å². The Kier molecular flexibility index (Phi) is 6.57. The molecule has 2 heterocycles. The molecule has 2 rings (SSSR count). The molecule has 2 aromatic heterocycles. The summed E-state index contributed by atoms with van der Waals surface area (Å²) in [4.78, 5) is 5.36. The monoisotopic (exact) mass is 294 g/mol. The molecule has 1 N–H and O–H groups in total. The SMILES string of the molecule is CN(CCNCCc1cccs1)CCc1cccs1. The molecule has 0 bridgehead atoms. The highest BCUT2D eigenvalue weighted by atomic mass is 32.1. The molecule has 19 heavy (non-hydrogen) atoms. The average molecular weight is 294 g/mol. The van der Waals surface area contributed by atoms with Crippen molar-refractivity contribution in [3.63, 3.8) is 0 Å². The maximum absolute atomic E-state index is 3.52. The van der Waals surface area contributed by atoms with Crippen molar-refractivity contribution in [1.82, 2.24) is 10.2 Å². The van der Waals surface area contributed by atoms with E-state index >= 15 is 0 Å². The fraction of sp³-hybridized carbons (Fsp3) is 0.467. The van der Waals surface area contributed by atoms with Gasteiger partial charge < -0.3 is 10.2 Å². The standard InChI is InChI=1S/C15H22N2S2/c1-17(10-7-15-5-3-13-19-15)11-9-16-8-6-14-4-2-12-18-14/h2-5,12-13,16H,6-11H2,1H3. The predicted molar refractivity (Wildman–Crippen MR) is 86.4 cm³/mol. The van der Waals surface area contributed by atoms with Crippen LogP contribution in [0.15, 0.2) is 35.0 Å². The first kappa shape index (κ1) is 14.7. The molecule has 0 amide bonds. The Bertz CT molecular complexity index is 423. The van der Waals surface area contributed by atoms with Crippen LogP contribution in [-0.2, 0) is 12.8 Å². The van der Waals surface area contributed by atoms with E-state index in [1.54, 1.807) is 0 Å². The first-order valence-corrected chi connectivity index (χ1v) is 8.54. The van der Waals surface area contributed by atoms with Crippen molar-refractivity contribution >= 4 is 22.7 Å². The minimum atomic E-state index is 1.08. The van der Waals surface area contributed by atoms with Crippen molar-refractivity contribution in [2.45, 2.75) is 12.8 Å². The second-order valence-corrected chi connectivity index (χ2v) is 6.78. The largest absolute Gasteiger partial charge is 0.315 e. The van der Waals surface area contributed by atoms with Gasteiger partial charge in [-0.3, -0.25) is 0 Å². The summed E-state index contributed by atoms with van der Waals surface area (Å²) in [7, 11) is 2.20. The third-order valence-corrected chi connectivity index (χ3v) is 4.99. The number of likely N-dealkylation sites (N-methyl/N-ethyl adjacent to an activating group) is 1. The number of thiophene rings is 2. The van der Waals surface area contributed by atoms with Crippen LogP contribution in [0.4, 0.5) is 0 Å². The molecule has 0 spiro atoms. The molecule has 0 aliphatic heterocycles. The molecule has 0 aliphatic rings. The van der Waals surface area contributed by atoms with Crippen molar-refractivity contribution < 1.29 is 0 Å². The fourth-order valence-corrected chi connectivity index (χ4v) is 3.34. The molecule has 2 aromatic rings. The summed E-state index contributed by atoms with van der Waals surface area (Å²) in [6.07, 6.45) is 2.32. The Labute approximate surface area is 124 Å². The van der Waals surface area contributed by atoms with Crippen LogP contribution in [-0.4, -0.2) is 38.1 Å². The zero-order valence-electron chi connectivity index (χ0n) is 11.5. The average Bonchev–Trinajstić information content (AvgIpc) is 3.09. The molecule has 104 valence electrons. The summed E-state index contributed by atoms with van der Waals surface area (Å²) in [5.41, 5.74) is 0. The number of nitrogens with one attached hydrogen (secondary N) is 1. The maximum atomic E-state index is 3.52. The lowest BCUT2D eigenvalue weighted by Gasteiger charge is -2.16. The summed E-state index contributed by atoms with van der Waals surface area (Å²) < 4.78 is 0. The molecule has 4 heteroatoms. The summed E-state index contributed by atoms with van der Waals surface area (Å²) in [6, 6.07) is 8.68. The lowest BCUT2D eigenvalue weighted by Crippen LogP contribution is -2.31. The van der Waals surface area contributed by atoms with Crippen LogP contribution in [0.1, 0.15) is 9.75 Å². The van der Waals surface area contributed by atoms with Gasteiger partial charge in [0.15, 0.2) is 0 Å². The van der Waals surface area contributed by atoms with E-state index in [1.807, 2.05) is 22.7 Å². The smallest absolute Gasteiger partial charge is 0.0104 e. The maximum Gasteiger partial charge on any atom is 0.0104 e. The molecule has 0 aliphatic carbocycles. The third kappa shape index (κ3) is 5.87. The van der Waals surface area contributed by atoms with Gasteiger partial charge in [-0.2, -0.15) is 0 Å². The van der Waals surface area contributed by atoms with Crippen LogP contribution < -0.4 is 5.32 Å². The van der Waals surface area contributed by atoms with Crippen LogP contribution in [0.3, 0.4) is 0 Å². The van der Waals surface area contributed by atoms with Crippen molar-refractivity contribution in [1.29, 1.82) is 0 Å². The summed E-state index contributed by atoms with van der Waals surface area (Å²) >= 11 is 3.70. The quantitative estimate of drug-likeness (QED) is 0.715. The summed E-state index contributed by atoms with van der Waals surface area (Å²) in [5.74, 6) is 0. The Balaban J connectivity index is 1.48. The van der Waals surface area contributed by atoms with E-state index in [1.165, 1.54) is 16.2 Å². The molecule has 0 saturated carbocycles. The van der Waals surface area contributed by atoms with Gasteiger partial charge in [-0.1, -0.05) is 12.1 Å². The Hall–Kier alpha value is -0.680. The topological polar surface area (TPSA) is 15.3 Å². The lowest BCUT2D eigenvalue weighted by atomic mass is 10.3. The van der Waals surface area contributed by atoms with E-state index in [0.29, 0.717) is 0 Å². The van der Waals surface area contributed by atoms with Crippen LogP contribution >= 0.6 is 22.7 Å². The van der Waals surface area contributed by atoms with Crippen molar-refractivity contribution in [2.24, 2.45) is 0 Å². The van der Waals surface area contributed by atoms with Crippen molar-refractivity contribution in [3.05, 3.63) is 44.8 Å². The second-order valence-electron chi connectivity index (χ2n) is 4.71. The molecule has 0 saturated heterocycles. The van der Waals surface area contributed by atoms with Crippen molar-refractivity contribution in [2.75, 3.05) is 33.2 Å². The second kappa shape index (κ2) is 8.48. The molecule has 0 atom stereocenters. The number of nitrogens with zero attached hydrogens (tertiary/aromatic N) is 1. The molecule has 0 radical (unpaired) electrons. The fourth-order valence-electron chi connectivity index (χ4n) is 1.93. The number of rotatable bonds is 9. The van der Waals surface area contributed by atoms with Gasteiger partial charge in [-0.15, -0.1) is 22.7 Å². The van der Waals surface area contributed by atoms with E-state index in [4.69, 9.17) is 0 Å². The zero-order valence-corrected chi connectivity index (χ0v) is 13.1. The number of hydrogen-bond acceptors (Lipinski definition) is 4. The van der Waals surface area contributed by atoms with E-state index in [9.17, 15) is 0 Å². The van der Waals surface area contributed by atoms with E-state index in [-0.39, 0.29) is 0 Å². The van der Waals surface area contributed by atoms with Crippen LogP contribution in [0, 0.1) is 0 Å². The highest BCUT2D eigenvalue weighted by molar-refractivity contribution is 7.10. The molecular weight excluding hydrogens is 272 g/mol. The highest BCUT2D eigenvalue weighted by Gasteiger charge is 2.00. The first-order valence-electron chi connectivity index (χ1n) is 6.78. The van der Waals surface area contributed by atoms with Crippen molar-refractivity contribution in [3.8, 4) is 0 Å². The molecular formula is C15H22N2S2. The summed E-state index contributed by atoms with van der Waals surface area (Å²) in [6.45, 7) is 4.43. The summed E-state index contributed by atoms with van der Waals surface area (Å²) in [5, 5.41) is 7.82. The Morgan fingerprint density at radius 3 is 2.26 bits per heavy atom. The predicted octanol–water partition coefficient (Wildman–Crippen LogP) is 3.12. The third-order valence-electron chi connectivity index (χ3n) is 3.12. The van der Waals surface area contributed by atoms with Crippen LogP contribution in [0.5, 0.6) is 0 Å². The molecule has 2 nitrogen and oxygen atoms in total.